The molecule has 2 rings (SSSR count). The molecule has 2 unspecified atom stereocenters. The van der Waals surface area contributed by atoms with Gasteiger partial charge in [-0.2, -0.15) is 0 Å². The third kappa shape index (κ3) is 3.29. The lowest BCUT2D eigenvalue weighted by Gasteiger charge is -2.39. The Morgan fingerprint density at radius 1 is 1.18 bits per heavy atom. The second kappa shape index (κ2) is 7.67. The number of benzene rings is 1. The number of rotatable bonds is 6. The summed E-state index contributed by atoms with van der Waals surface area (Å²) in [6, 6.07) is 3.91. The molecule has 0 saturated carbocycles. The van der Waals surface area contributed by atoms with Crippen LogP contribution in [0.25, 0.3) is 0 Å². The number of aliphatic hydroxyl groups excluding tert-OH is 1. The first-order chi connectivity index (χ1) is 10.7. The zero-order valence-electron chi connectivity index (χ0n) is 13.8. The molecule has 0 bridgehead atoms. The third-order valence-corrected chi connectivity index (χ3v) is 4.22. The topological polar surface area (TPSA) is 63.2 Å². The standard InChI is InChI=1S/C16H26N2O4/c1-11-9-17-5-6-18(11)13(10-19)12-7-15(21-3)16(22-4)8-14(12)20-2/h7-8,11,13,17,19H,5-6,9-10H2,1-4H3. The summed E-state index contributed by atoms with van der Waals surface area (Å²) in [5.41, 5.74) is 0.913. The summed E-state index contributed by atoms with van der Waals surface area (Å²) >= 11 is 0. The van der Waals surface area contributed by atoms with Gasteiger partial charge in [-0.15, -0.1) is 0 Å². The van der Waals surface area contributed by atoms with Crippen molar-refractivity contribution in [1.29, 1.82) is 0 Å². The van der Waals surface area contributed by atoms with Gasteiger partial charge in [0.2, 0.25) is 0 Å². The number of nitrogens with zero attached hydrogens (tertiary/aromatic N) is 1. The van der Waals surface area contributed by atoms with Gasteiger partial charge in [0.1, 0.15) is 5.75 Å². The number of piperazine rings is 1. The zero-order valence-corrected chi connectivity index (χ0v) is 13.8. The average molecular weight is 310 g/mol. The predicted octanol–water partition coefficient (Wildman–Crippen LogP) is 1.04. The fourth-order valence-electron chi connectivity index (χ4n) is 3.01. The molecular weight excluding hydrogens is 284 g/mol. The molecule has 6 nitrogen and oxygen atoms in total. The molecule has 1 fully saturated rings. The highest BCUT2D eigenvalue weighted by Gasteiger charge is 2.29. The Balaban J connectivity index is 2.42. The van der Waals surface area contributed by atoms with Crippen molar-refractivity contribution in [3.63, 3.8) is 0 Å². The number of ether oxygens (including phenoxy) is 3. The molecule has 0 radical (unpaired) electrons. The van der Waals surface area contributed by atoms with Crippen LogP contribution in [0.4, 0.5) is 0 Å². The van der Waals surface area contributed by atoms with Gasteiger partial charge in [-0.1, -0.05) is 0 Å². The van der Waals surface area contributed by atoms with Crippen molar-refractivity contribution in [2.24, 2.45) is 0 Å². The minimum atomic E-state index is -0.133. The normalized spacial score (nSPS) is 20.5. The van der Waals surface area contributed by atoms with Crippen LogP contribution in [0, 0.1) is 0 Å². The maximum atomic E-state index is 9.97. The number of aliphatic hydroxyl groups is 1. The van der Waals surface area contributed by atoms with Gasteiger partial charge in [0.05, 0.1) is 34.0 Å². The molecule has 2 N–H and O–H groups in total. The first-order valence-corrected chi connectivity index (χ1v) is 7.53. The van der Waals surface area contributed by atoms with Crippen molar-refractivity contribution in [2.45, 2.75) is 19.0 Å². The minimum Gasteiger partial charge on any atom is -0.496 e. The van der Waals surface area contributed by atoms with Crippen LogP contribution in [-0.4, -0.2) is 63.6 Å². The molecule has 0 aromatic heterocycles. The molecule has 124 valence electrons. The van der Waals surface area contributed by atoms with E-state index in [4.69, 9.17) is 14.2 Å². The van der Waals surface area contributed by atoms with Crippen LogP contribution in [0.15, 0.2) is 12.1 Å². The molecule has 1 aliphatic heterocycles. The smallest absolute Gasteiger partial charge is 0.164 e. The van der Waals surface area contributed by atoms with E-state index in [0.717, 1.165) is 25.2 Å². The fraction of sp³-hybridized carbons (Fsp3) is 0.625. The molecule has 1 aromatic rings. The van der Waals surface area contributed by atoms with E-state index in [1.165, 1.54) is 0 Å². The van der Waals surface area contributed by atoms with Crippen LogP contribution in [0.3, 0.4) is 0 Å². The van der Waals surface area contributed by atoms with E-state index < -0.39 is 0 Å². The number of hydrogen-bond acceptors (Lipinski definition) is 6. The summed E-state index contributed by atoms with van der Waals surface area (Å²) in [4.78, 5) is 2.29. The maximum absolute atomic E-state index is 9.97. The predicted molar refractivity (Wildman–Crippen MR) is 85.0 cm³/mol. The van der Waals surface area contributed by atoms with Crippen LogP contribution in [0.5, 0.6) is 17.2 Å². The third-order valence-electron chi connectivity index (χ3n) is 4.22. The fourth-order valence-corrected chi connectivity index (χ4v) is 3.01. The monoisotopic (exact) mass is 310 g/mol. The Hall–Kier alpha value is -1.50. The van der Waals surface area contributed by atoms with E-state index >= 15 is 0 Å². The highest BCUT2D eigenvalue weighted by atomic mass is 16.5. The summed E-state index contributed by atoms with van der Waals surface area (Å²) in [6.07, 6.45) is 0. The average Bonchev–Trinajstić information content (AvgIpc) is 2.56. The lowest BCUT2D eigenvalue weighted by atomic mass is 10.0. The molecule has 0 aliphatic carbocycles. The van der Waals surface area contributed by atoms with E-state index in [0.29, 0.717) is 23.3 Å². The van der Waals surface area contributed by atoms with Gasteiger partial charge in [0.15, 0.2) is 11.5 Å². The summed E-state index contributed by atoms with van der Waals surface area (Å²) in [6.45, 7) is 4.88. The number of hydrogen-bond donors (Lipinski definition) is 2. The largest absolute Gasteiger partial charge is 0.496 e. The van der Waals surface area contributed by atoms with Crippen molar-refractivity contribution in [3.8, 4) is 17.2 Å². The summed E-state index contributed by atoms with van der Waals surface area (Å²) < 4.78 is 16.2. The molecule has 1 aliphatic rings. The molecular formula is C16H26N2O4. The Bertz CT molecular complexity index is 495. The van der Waals surface area contributed by atoms with Gasteiger partial charge < -0.3 is 24.6 Å². The van der Waals surface area contributed by atoms with Crippen molar-refractivity contribution in [3.05, 3.63) is 17.7 Å². The first-order valence-electron chi connectivity index (χ1n) is 7.53. The van der Waals surface area contributed by atoms with Crippen LogP contribution >= 0.6 is 0 Å². The van der Waals surface area contributed by atoms with Crippen molar-refractivity contribution < 1.29 is 19.3 Å². The van der Waals surface area contributed by atoms with Gasteiger partial charge in [-0.3, -0.25) is 4.90 Å². The molecule has 2 atom stereocenters. The Morgan fingerprint density at radius 3 is 2.36 bits per heavy atom. The first kappa shape index (κ1) is 16.9. The van der Waals surface area contributed by atoms with E-state index in [1.54, 1.807) is 21.3 Å². The molecule has 6 heteroatoms. The molecule has 0 spiro atoms. The molecule has 1 saturated heterocycles. The number of methoxy groups -OCH3 is 3. The van der Waals surface area contributed by atoms with E-state index in [2.05, 4.69) is 17.1 Å². The SMILES string of the molecule is COc1cc(OC)c(C(CO)N2CCNCC2C)cc1OC. The van der Waals surface area contributed by atoms with Crippen molar-refractivity contribution in [2.75, 3.05) is 47.6 Å². The lowest BCUT2D eigenvalue weighted by Crippen LogP contribution is -2.51. The van der Waals surface area contributed by atoms with Gasteiger partial charge in [-0.25, -0.2) is 0 Å². The minimum absolute atomic E-state index is 0.0240. The van der Waals surface area contributed by atoms with Gasteiger partial charge in [0, 0.05) is 37.3 Å². The van der Waals surface area contributed by atoms with Crippen molar-refractivity contribution in [1.82, 2.24) is 10.2 Å². The van der Waals surface area contributed by atoms with Crippen LogP contribution in [0.1, 0.15) is 18.5 Å². The number of nitrogens with one attached hydrogen (secondary N) is 1. The van der Waals surface area contributed by atoms with E-state index in [9.17, 15) is 5.11 Å². The quantitative estimate of drug-likeness (QED) is 0.818. The lowest BCUT2D eigenvalue weighted by molar-refractivity contribution is 0.0707. The van der Waals surface area contributed by atoms with Gasteiger partial charge in [0.25, 0.3) is 0 Å². The van der Waals surface area contributed by atoms with Gasteiger partial charge in [-0.05, 0) is 13.0 Å². The van der Waals surface area contributed by atoms with Crippen molar-refractivity contribution >= 4 is 0 Å². The van der Waals surface area contributed by atoms with Crippen LogP contribution in [-0.2, 0) is 0 Å². The molecule has 1 aromatic carbocycles. The van der Waals surface area contributed by atoms with E-state index in [-0.39, 0.29) is 12.6 Å². The highest BCUT2D eigenvalue weighted by molar-refractivity contribution is 5.52. The van der Waals surface area contributed by atoms with Crippen LogP contribution in [0.2, 0.25) is 0 Å². The summed E-state index contributed by atoms with van der Waals surface area (Å²) in [5, 5.41) is 13.3. The Morgan fingerprint density at radius 2 is 1.82 bits per heavy atom. The Labute approximate surface area is 132 Å². The highest BCUT2D eigenvalue weighted by Crippen LogP contribution is 2.39. The van der Waals surface area contributed by atoms with Gasteiger partial charge >= 0.3 is 0 Å². The van der Waals surface area contributed by atoms with E-state index in [1.807, 2.05) is 12.1 Å². The second-order valence-corrected chi connectivity index (χ2v) is 5.44. The molecule has 0 amide bonds. The molecule has 22 heavy (non-hydrogen) atoms. The second-order valence-electron chi connectivity index (χ2n) is 5.44. The maximum Gasteiger partial charge on any atom is 0.164 e. The zero-order chi connectivity index (χ0) is 16.1. The summed E-state index contributed by atoms with van der Waals surface area (Å²) in [7, 11) is 4.83. The van der Waals surface area contributed by atoms with Crippen LogP contribution < -0.4 is 19.5 Å². The summed E-state index contributed by atoms with van der Waals surface area (Å²) in [5.74, 6) is 1.95. The Kier molecular flexibility index (Phi) is 5.88. The molecule has 1 heterocycles.